The molecule has 14 nitrogen and oxygen atoms in total. The maximum atomic E-state index is 14.8. The number of phenolic OH excluding ortho intramolecular Hbond substituents is 1. The highest BCUT2D eigenvalue weighted by atomic mass is 16.3. The van der Waals surface area contributed by atoms with E-state index in [1.165, 1.54) is 0 Å². The van der Waals surface area contributed by atoms with E-state index >= 15 is 0 Å². The van der Waals surface area contributed by atoms with E-state index in [-0.39, 0.29) is 68.4 Å². The van der Waals surface area contributed by atoms with Gasteiger partial charge in [-0.1, -0.05) is 84.9 Å². The molecule has 0 saturated carbocycles. The molecule has 0 aliphatic carbocycles. The minimum Gasteiger partial charge on any atom is -0.508 e. The normalized spacial score (nSPS) is 18.2. The van der Waals surface area contributed by atoms with Crippen LogP contribution in [0.25, 0.3) is 22.0 Å². The molecule has 14 heteroatoms. The van der Waals surface area contributed by atoms with E-state index in [2.05, 4.69) is 38.7 Å². The Hall–Kier alpha value is -7.29. The molecule has 0 bridgehead atoms. The van der Waals surface area contributed by atoms with E-state index in [9.17, 15) is 24.3 Å². The third kappa shape index (κ3) is 9.08. The Kier molecular flexibility index (Phi) is 12.4. The van der Waals surface area contributed by atoms with Crippen molar-refractivity contribution in [2.24, 2.45) is 7.05 Å². The molecule has 2 atom stereocenters. The van der Waals surface area contributed by atoms with E-state index in [4.69, 9.17) is 0 Å². The molecule has 4 amide bonds. The number of aryl methyl sites for hydroxylation is 2. The lowest BCUT2D eigenvalue weighted by Gasteiger charge is -2.55. The second-order valence-electron chi connectivity index (χ2n) is 16.9. The number of hydrazine groups is 2. The smallest absolute Gasteiger partial charge is 0.265 e. The standard InChI is InChI=1S/C51H53N9O5/c1-3-26-58-35-48(63)59-44(31-37-15-22-41(61)23-16-37)51(65)56(34-46(59)60(58)47(62)24-17-36-10-5-4-6-11-36)32-40-12-9-13-42-43(33-54(2)49(40)42)38-18-20-39(21-19-38)50(64)53-57-29-27-55(28-30-57)45-14-7-8-25-52-45/h3-16,18-23,25,33,44,46,61H,1,17,24,26-32,34-35H2,2H3,(H,53,64)/t44-,46-/m0/s1. The summed E-state index contributed by atoms with van der Waals surface area (Å²) in [7, 11) is 1.98. The largest absolute Gasteiger partial charge is 0.508 e. The van der Waals surface area contributed by atoms with Crippen LogP contribution in [0.4, 0.5) is 5.82 Å². The van der Waals surface area contributed by atoms with Crippen molar-refractivity contribution in [2.45, 2.75) is 38.0 Å². The van der Waals surface area contributed by atoms with E-state index < -0.39 is 12.2 Å². The number of nitrogens with zero attached hydrogens (tertiary/aromatic N) is 8. The van der Waals surface area contributed by atoms with Gasteiger partial charge in [-0.25, -0.2) is 20.0 Å². The Morgan fingerprint density at radius 2 is 1.62 bits per heavy atom. The van der Waals surface area contributed by atoms with E-state index in [1.807, 2.05) is 97.0 Å². The Bertz CT molecular complexity index is 2680. The highest BCUT2D eigenvalue weighted by Gasteiger charge is 2.51. The molecule has 2 aromatic heterocycles. The molecule has 3 aliphatic heterocycles. The first-order chi connectivity index (χ1) is 31.6. The summed E-state index contributed by atoms with van der Waals surface area (Å²) in [6.07, 6.45) is 5.74. The first-order valence-electron chi connectivity index (χ1n) is 22.1. The van der Waals surface area contributed by atoms with Gasteiger partial charge >= 0.3 is 0 Å². The number of pyridine rings is 1. The van der Waals surface area contributed by atoms with Crippen LogP contribution in [-0.2, 0) is 40.8 Å². The Labute approximate surface area is 378 Å². The van der Waals surface area contributed by atoms with Crippen LogP contribution in [0.5, 0.6) is 5.75 Å². The van der Waals surface area contributed by atoms with Crippen LogP contribution in [0, 0.1) is 0 Å². The molecule has 2 N–H and O–H groups in total. The molecule has 3 saturated heterocycles. The second-order valence-corrected chi connectivity index (χ2v) is 16.9. The van der Waals surface area contributed by atoms with Gasteiger partial charge in [0.1, 0.15) is 23.8 Å². The number of carbonyl (C=O) groups is 4. The molecule has 6 aromatic rings. The summed E-state index contributed by atoms with van der Waals surface area (Å²) in [4.78, 5) is 66.8. The predicted molar refractivity (Wildman–Crippen MR) is 249 cm³/mol. The van der Waals surface area contributed by atoms with Crippen LogP contribution in [0.15, 0.2) is 140 Å². The molecule has 0 spiro atoms. The van der Waals surface area contributed by atoms with Gasteiger partial charge < -0.3 is 24.4 Å². The molecule has 4 aromatic carbocycles. The van der Waals surface area contributed by atoms with Crippen LogP contribution >= 0.6 is 0 Å². The number of rotatable bonds is 13. The SMILES string of the molecule is C=CCN1CC(=O)N2[C@@H](Cc3ccc(O)cc3)C(=O)N(Cc3cccc4c(-c5ccc(C(=O)NN6CCN(c7ccccn7)CC6)cc5)cn(C)c34)C[C@@H]2N1C(=O)CCc1ccccc1. The molecule has 9 rings (SSSR count). The molecule has 5 heterocycles. The van der Waals surface area contributed by atoms with E-state index in [1.54, 1.807) is 56.4 Å². The molecular formula is C51H53N9O5. The first kappa shape index (κ1) is 43.0. The quantitative estimate of drug-likeness (QED) is 0.146. The van der Waals surface area contributed by atoms with Crippen LogP contribution in [-0.4, -0.2) is 121 Å². The van der Waals surface area contributed by atoms with Crippen molar-refractivity contribution >= 4 is 40.3 Å². The monoisotopic (exact) mass is 871 g/mol. The summed E-state index contributed by atoms with van der Waals surface area (Å²) < 4.78 is 2.06. The van der Waals surface area contributed by atoms with E-state index in [0.717, 1.165) is 57.6 Å². The lowest BCUT2D eigenvalue weighted by Crippen LogP contribution is -2.75. The number of benzene rings is 4. The fourth-order valence-electron chi connectivity index (χ4n) is 9.48. The highest BCUT2D eigenvalue weighted by Crippen LogP contribution is 2.35. The molecule has 0 unspecified atom stereocenters. The minimum atomic E-state index is -0.892. The molecule has 0 radical (unpaired) electrons. The number of aromatic nitrogens is 2. The number of nitrogens with one attached hydrogen (secondary N) is 1. The number of phenols is 1. The Morgan fingerprint density at radius 3 is 2.34 bits per heavy atom. The van der Waals surface area contributed by atoms with E-state index in [0.29, 0.717) is 25.1 Å². The van der Waals surface area contributed by atoms with Crippen molar-refractivity contribution in [3.63, 3.8) is 0 Å². The van der Waals surface area contributed by atoms with Crippen molar-refractivity contribution < 1.29 is 24.3 Å². The zero-order chi connectivity index (χ0) is 45.0. The minimum absolute atomic E-state index is 0.0688. The molecule has 332 valence electrons. The van der Waals surface area contributed by atoms with Crippen molar-refractivity contribution in [3.8, 4) is 16.9 Å². The molecule has 65 heavy (non-hydrogen) atoms. The summed E-state index contributed by atoms with van der Waals surface area (Å²) in [5.41, 5.74) is 9.22. The number of para-hydroxylation sites is 1. The number of hydrogen-bond donors (Lipinski definition) is 2. The maximum absolute atomic E-state index is 14.8. The van der Waals surface area contributed by atoms with Gasteiger partial charge in [-0.15, -0.1) is 6.58 Å². The topological polar surface area (TPSA) is 138 Å². The van der Waals surface area contributed by atoms with Gasteiger partial charge in [0.25, 0.3) is 5.91 Å². The fraction of sp³-hybridized carbons (Fsp3) is 0.275. The predicted octanol–water partition coefficient (Wildman–Crippen LogP) is 5.40. The number of amides is 4. The number of aromatic hydroxyl groups is 1. The number of piperazine rings is 2. The number of carbonyl (C=O) groups excluding carboxylic acids is 4. The summed E-state index contributed by atoms with van der Waals surface area (Å²) in [6.45, 7) is 7.35. The number of anilines is 1. The summed E-state index contributed by atoms with van der Waals surface area (Å²) in [6, 6.07) is 35.2. The van der Waals surface area contributed by atoms with Gasteiger partial charge in [0.05, 0.1) is 18.6 Å². The van der Waals surface area contributed by atoms with Crippen molar-refractivity contribution in [2.75, 3.05) is 50.7 Å². The summed E-state index contributed by atoms with van der Waals surface area (Å²) in [5.74, 6) is 0.272. The lowest BCUT2D eigenvalue weighted by molar-refractivity contribution is -0.205. The number of fused-ring (bicyclic) bond motifs is 2. The average Bonchev–Trinajstić information content (AvgIpc) is 3.67. The Balaban J connectivity index is 0.965. The zero-order valence-electron chi connectivity index (χ0n) is 36.5. The molecular weight excluding hydrogens is 819 g/mol. The van der Waals surface area contributed by atoms with Gasteiger partial charge in [0.15, 0.2) is 0 Å². The van der Waals surface area contributed by atoms with Crippen LogP contribution in [0.2, 0.25) is 0 Å². The summed E-state index contributed by atoms with van der Waals surface area (Å²) in [5, 5.41) is 16.4. The lowest BCUT2D eigenvalue weighted by atomic mass is 9.97. The maximum Gasteiger partial charge on any atom is 0.265 e. The van der Waals surface area contributed by atoms with Crippen molar-refractivity contribution in [1.82, 2.24) is 39.8 Å². The second kappa shape index (κ2) is 18.8. The van der Waals surface area contributed by atoms with Gasteiger partial charge in [0.2, 0.25) is 17.7 Å². The molecule has 3 fully saturated rings. The summed E-state index contributed by atoms with van der Waals surface area (Å²) >= 11 is 0. The fourth-order valence-corrected chi connectivity index (χ4v) is 9.48. The van der Waals surface area contributed by atoms with Gasteiger partial charge in [0, 0.05) is 88.1 Å². The number of hydrogen-bond acceptors (Lipinski definition) is 9. The van der Waals surface area contributed by atoms with Gasteiger partial charge in [-0.2, -0.15) is 0 Å². The average molecular weight is 872 g/mol. The molecule has 3 aliphatic rings. The zero-order valence-corrected chi connectivity index (χ0v) is 36.5. The van der Waals surface area contributed by atoms with Gasteiger partial charge in [-0.3, -0.25) is 24.6 Å². The van der Waals surface area contributed by atoms with Gasteiger partial charge in [-0.05, 0) is 65.1 Å². The van der Waals surface area contributed by atoms with Crippen LogP contribution in [0.3, 0.4) is 0 Å². The van der Waals surface area contributed by atoms with Crippen LogP contribution < -0.4 is 10.3 Å². The highest BCUT2D eigenvalue weighted by molar-refractivity contribution is 5.99. The Morgan fingerprint density at radius 1 is 0.862 bits per heavy atom. The third-order valence-corrected chi connectivity index (χ3v) is 12.7. The van der Waals surface area contributed by atoms with Crippen molar-refractivity contribution in [3.05, 3.63) is 163 Å². The van der Waals surface area contributed by atoms with Crippen LogP contribution in [0.1, 0.15) is 33.5 Å². The van der Waals surface area contributed by atoms with Crippen molar-refractivity contribution in [1.29, 1.82) is 0 Å². The first-order valence-corrected chi connectivity index (χ1v) is 22.1. The third-order valence-electron chi connectivity index (χ3n) is 12.7.